The highest BCUT2D eigenvalue weighted by Crippen LogP contribution is 2.25. The third kappa shape index (κ3) is 4.28. The van der Waals surface area contributed by atoms with Gasteiger partial charge >= 0.3 is 0 Å². The molecular weight excluding hydrogens is 400 g/mol. The van der Waals surface area contributed by atoms with Crippen LogP contribution in [0.2, 0.25) is 0 Å². The number of aliphatic hydroxyl groups excluding tert-OH is 1. The second-order valence-electron chi connectivity index (χ2n) is 7.23. The highest BCUT2D eigenvalue weighted by atomic mass is 16.3. The van der Waals surface area contributed by atoms with E-state index in [0.29, 0.717) is 16.9 Å². The van der Waals surface area contributed by atoms with Gasteiger partial charge in [-0.25, -0.2) is 4.98 Å². The van der Waals surface area contributed by atoms with Gasteiger partial charge in [0.05, 0.1) is 24.2 Å². The number of rotatable bonds is 5. The van der Waals surface area contributed by atoms with E-state index in [-0.39, 0.29) is 24.4 Å². The lowest BCUT2D eigenvalue weighted by Gasteiger charge is -2.22. The SMILES string of the molecule is NC(=O)C1CC(O)CN1C(=O)c1cncc(-c2cccc(NC(=O)c3cnc[nH]3)c2)c1. The number of nitrogens with zero attached hydrogens (tertiary/aromatic N) is 3. The molecule has 0 bridgehead atoms. The molecule has 10 nitrogen and oxygen atoms in total. The summed E-state index contributed by atoms with van der Waals surface area (Å²) in [6.07, 6.45) is 5.16. The largest absolute Gasteiger partial charge is 0.391 e. The number of hydrogen-bond donors (Lipinski definition) is 4. The molecule has 0 aliphatic carbocycles. The van der Waals surface area contributed by atoms with Crippen LogP contribution < -0.4 is 11.1 Å². The standard InChI is InChI=1S/C21H20N6O4/c22-19(29)18-6-16(28)10-27(18)21(31)14-4-13(7-23-8-14)12-2-1-3-15(5-12)26-20(30)17-9-24-11-25-17/h1-5,7-9,11,16,18,28H,6,10H2,(H2,22,29)(H,24,25)(H,26,30). The quantitative estimate of drug-likeness (QED) is 0.478. The van der Waals surface area contributed by atoms with Gasteiger partial charge < -0.3 is 26.0 Å². The third-order valence-corrected chi connectivity index (χ3v) is 5.05. The van der Waals surface area contributed by atoms with Crippen molar-refractivity contribution in [2.45, 2.75) is 18.6 Å². The molecule has 3 amide bonds. The van der Waals surface area contributed by atoms with E-state index >= 15 is 0 Å². The zero-order valence-electron chi connectivity index (χ0n) is 16.4. The maximum Gasteiger partial charge on any atom is 0.273 e. The number of H-pyrrole nitrogens is 1. The summed E-state index contributed by atoms with van der Waals surface area (Å²) in [4.78, 5) is 48.8. The summed E-state index contributed by atoms with van der Waals surface area (Å²) >= 11 is 0. The van der Waals surface area contributed by atoms with Crippen molar-refractivity contribution < 1.29 is 19.5 Å². The van der Waals surface area contributed by atoms with Gasteiger partial charge in [0.1, 0.15) is 11.7 Å². The lowest BCUT2D eigenvalue weighted by atomic mass is 10.0. The fraction of sp³-hybridized carbons (Fsp3) is 0.190. The molecule has 3 heterocycles. The molecule has 1 fully saturated rings. The second-order valence-corrected chi connectivity index (χ2v) is 7.23. The molecule has 1 aliphatic heterocycles. The summed E-state index contributed by atoms with van der Waals surface area (Å²) in [6.45, 7) is 0.0335. The Kier molecular flexibility index (Phi) is 5.46. The van der Waals surface area contributed by atoms with E-state index < -0.39 is 24.0 Å². The van der Waals surface area contributed by atoms with E-state index in [9.17, 15) is 19.5 Å². The molecule has 0 spiro atoms. The fourth-order valence-electron chi connectivity index (χ4n) is 3.54. The number of aromatic amines is 1. The molecule has 1 saturated heterocycles. The van der Waals surface area contributed by atoms with Gasteiger partial charge in [0.15, 0.2) is 0 Å². The van der Waals surface area contributed by atoms with Crippen LogP contribution in [0.1, 0.15) is 27.3 Å². The van der Waals surface area contributed by atoms with Crippen LogP contribution in [0.4, 0.5) is 5.69 Å². The monoisotopic (exact) mass is 420 g/mol. The Balaban J connectivity index is 1.56. The zero-order valence-corrected chi connectivity index (χ0v) is 16.4. The van der Waals surface area contributed by atoms with Crippen molar-refractivity contribution in [1.82, 2.24) is 19.9 Å². The first kappa shape index (κ1) is 20.2. The summed E-state index contributed by atoms with van der Waals surface area (Å²) in [6, 6.07) is 7.88. The number of amides is 3. The number of primary amides is 1. The minimum atomic E-state index is -0.854. The van der Waals surface area contributed by atoms with Gasteiger partial charge in [0.2, 0.25) is 5.91 Å². The van der Waals surface area contributed by atoms with Gasteiger partial charge in [-0.15, -0.1) is 0 Å². The Morgan fingerprint density at radius 2 is 1.97 bits per heavy atom. The summed E-state index contributed by atoms with van der Waals surface area (Å²) in [5, 5.41) is 12.6. The van der Waals surface area contributed by atoms with Crippen molar-refractivity contribution in [3.8, 4) is 11.1 Å². The summed E-state index contributed by atoms with van der Waals surface area (Å²) < 4.78 is 0. The number of aliphatic hydroxyl groups is 1. The number of likely N-dealkylation sites (tertiary alicyclic amines) is 1. The Bertz CT molecular complexity index is 1130. The second kappa shape index (κ2) is 8.36. The number of aromatic nitrogens is 3. The molecule has 2 unspecified atom stereocenters. The highest BCUT2D eigenvalue weighted by molar-refractivity contribution is 6.03. The summed E-state index contributed by atoms with van der Waals surface area (Å²) in [5.41, 5.74) is 7.92. The van der Waals surface area contributed by atoms with E-state index in [1.54, 1.807) is 30.5 Å². The van der Waals surface area contributed by atoms with Crippen molar-refractivity contribution in [1.29, 1.82) is 0 Å². The Morgan fingerprint density at radius 3 is 2.71 bits per heavy atom. The van der Waals surface area contributed by atoms with Crippen LogP contribution in [-0.4, -0.2) is 61.4 Å². The van der Waals surface area contributed by atoms with Crippen LogP contribution in [-0.2, 0) is 4.79 Å². The molecule has 2 aromatic heterocycles. The molecule has 3 aromatic rings. The van der Waals surface area contributed by atoms with Crippen molar-refractivity contribution in [3.05, 3.63) is 66.5 Å². The van der Waals surface area contributed by atoms with E-state index in [2.05, 4.69) is 20.3 Å². The van der Waals surface area contributed by atoms with E-state index in [1.165, 1.54) is 23.6 Å². The van der Waals surface area contributed by atoms with Crippen LogP contribution in [0.5, 0.6) is 0 Å². The summed E-state index contributed by atoms with van der Waals surface area (Å²) in [7, 11) is 0. The first-order valence-electron chi connectivity index (χ1n) is 9.56. The van der Waals surface area contributed by atoms with E-state index in [1.807, 2.05) is 6.07 Å². The molecule has 158 valence electrons. The molecule has 1 aliphatic rings. The van der Waals surface area contributed by atoms with E-state index in [0.717, 1.165) is 5.56 Å². The van der Waals surface area contributed by atoms with Crippen LogP contribution in [0.15, 0.2) is 55.2 Å². The number of anilines is 1. The lowest BCUT2D eigenvalue weighted by molar-refractivity contribution is -0.121. The van der Waals surface area contributed by atoms with Crippen molar-refractivity contribution in [3.63, 3.8) is 0 Å². The molecule has 0 radical (unpaired) electrons. The fourth-order valence-corrected chi connectivity index (χ4v) is 3.54. The zero-order chi connectivity index (χ0) is 22.0. The molecule has 4 rings (SSSR count). The smallest absolute Gasteiger partial charge is 0.273 e. The Labute approximate surface area is 177 Å². The number of carbonyl (C=O) groups excluding carboxylic acids is 3. The van der Waals surface area contributed by atoms with Crippen molar-refractivity contribution >= 4 is 23.4 Å². The average Bonchev–Trinajstić information content (AvgIpc) is 3.43. The number of nitrogens with two attached hydrogens (primary N) is 1. The van der Waals surface area contributed by atoms with Gasteiger partial charge in [-0.1, -0.05) is 12.1 Å². The molecule has 10 heteroatoms. The van der Waals surface area contributed by atoms with Crippen LogP contribution >= 0.6 is 0 Å². The number of β-amino-alcohol motifs (C(OH)–C–C–N with tert-alkyl or cyclic N) is 1. The van der Waals surface area contributed by atoms with Gasteiger partial charge in [0.25, 0.3) is 11.8 Å². The number of imidazole rings is 1. The lowest BCUT2D eigenvalue weighted by Crippen LogP contribution is -2.43. The first-order valence-corrected chi connectivity index (χ1v) is 9.56. The molecule has 31 heavy (non-hydrogen) atoms. The number of carbonyl (C=O) groups is 3. The average molecular weight is 420 g/mol. The Morgan fingerprint density at radius 1 is 1.13 bits per heavy atom. The number of benzene rings is 1. The number of nitrogens with one attached hydrogen (secondary N) is 2. The molecule has 1 aromatic carbocycles. The maximum atomic E-state index is 12.9. The van der Waals surface area contributed by atoms with Crippen molar-refractivity contribution in [2.24, 2.45) is 5.73 Å². The molecule has 5 N–H and O–H groups in total. The first-order chi connectivity index (χ1) is 14.9. The van der Waals surface area contributed by atoms with Gasteiger partial charge in [-0.3, -0.25) is 19.4 Å². The molecular formula is C21H20N6O4. The highest BCUT2D eigenvalue weighted by Gasteiger charge is 2.38. The van der Waals surface area contributed by atoms with Crippen LogP contribution in [0.3, 0.4) is 0 Å². The van der Waals surface area contributed by atoms with Crippen LogP contribution in [0.25, 0.3) is 11.1 Å². The van der Waals surface area contributed by atoms with E-state index in [4.69, 9.17) is 5.73 Å². The number of pyridine rings is 1. The predicted molar refractivity (Wildman–Crippen MR) is 111 cm³/mol. The molecule has 2 atom stereocenters. The summed E-state index contributed by atoms with van der Waals surface area (Å²) in [5.74, 6) is -1.42. The topological polar surface area (TPSA) is 154 Å². The minimum absolute atomic E-state index is 0.0335. The third-order valence-electron chi connectivity index (χ3n) is 5.05. The molecule has 0 saturated carbocycles. The van der Waals surface area contributed by atoms with Crippen molar-refractivity contribution in [2.75, 3.05) is 11.9 Å². The Hall–Kier alpha value is -4.05. The van der Waals surface area contributed by atoms with Gasteiger partial charge in [-0.2, -0.15) is 0 Å². The van der Waals surface area contributed by atoms with Crippen LogP contribution in [0, 0.1) is 0 Å². The normalized spacial score (nSPS) is 18.0. The minimum Gasteiger partial charge on any atom is -0.391 e. The van der Waals surface area contributed by atoms with Gasteiger partial charge in [-0.05, 0) is 23.8 Å². The number of hydrogen-bond acceptors (Lipinski definition) is 6. The predicted octanol–water partition coefficient (Wildman–Crippen LogP) is 0.785. The van der Waals surface area contributed by atoms with Gasteiger partial charge in [0, 0.05) is 36.6 Å². The maximum absolute atomic E-state index is 12.9.